The number of benzene rings is 1. The molecule has 166 valence electrons. The van der Waals surface area contributed by atoms with Crippen LogP contribution in [0.4, 0.5) is 11.5 Å². The number of pyridine rings is 2. The summed E-state index contributed by atoms with van der Waals surface area (Å²) in [5.41, 5.74) is 8.75. The lowest BCUT2D eigenvalue weighted by Crippen LogP contribution is -2.34. The van der Waals surface area contributed by atoms with E-state index in [1.807, 2.05) is 24.3 Å². The fourth-order valence-corrected chi connectivity index (χ4v) is 4.83. The third kappa shape index (κ3) is 5.09. The second kappa shape index (κ2) is 10.4. The summed E-state index contributed by atoms with van der Waals surface area (Å²) in [6, 6.07) is 13.2. The summed E-state index contributed by atoms with van der Waals surface area (Å²) in [5.74, 6) is 1.31. The van der Waals surface area contributed by atoms with Crippen LogP contribution in [-0.4, -0.2) is 27.3 Å². The summed E-state index contributed by atoms with van der Waals surface area (Å²) >= 11 is 1.38. The molecule has 0 aliphatic heterocycles. The zero-order valence-corrected chi connectivity index (χ0v) is 18.8. The van der Waals surface area contributed by atoms with Gasteiger partial charge in [0.05, 0.1) is 18.2 Å². The van der Waals surface area contributed by atoms with E-state index in [0.29, 0.717) is 33.2 Å². The van der Waals surface area contributed by atoms with E-state index in [1.54, 1.807) is 24.5 Å². The number of aliphatic hydroxyl groups excluding tert-OH is 1. The first kappa shape index (κ1) is 22.6. The van der Waals surface area contributed by atoms with Gasteiger partial charge in [-0.15, -0.1) is 11.8 Å². The zero-order chi connectivity index (χ0) is 23.2. The van der Waals surface area contributed by atoms with Gasteiger partial charge in [-0.25, -0.2) is 9.83 Å². The number of thioether (sulfide) groups is 1. The Hall–Kier alpha value is -3.59. The standard InChI is InChI=1S/C25H23N5O2S/c1-28-23-22(17-8-10-18(11-9-17)32-21-7-3-2-6-20(21)31)19(13-26)25(30-24(23)27)33-15-16-5-4-12-29-14-16/h4-5,8-12,14,20-21,31H,2-3,6-7,15H2,(H2,27,30)/t20-,21-/m0/s1. The average molecular weight is 458 g/mol. The number of nitrogen functional groups attached to an aromatic ring is 1. The molecule has 7 nitrogen and oxygen atoms in total. The van der Waals surface area contributed by atoms with E-state index in [-0.39, 0.29) is 17.6 Å². The molecule has 1 fully saturated rings. The van der Waals surface area contributed by atoms with E-state index in [4.69, 9.17) is 17.0 Å². The molecule has 33 heavy (non-hydrogen) atoms. The lowest BCUT2D eigenvalue weighted by molar-refractivity contribution is 0.00688. The zero-order valence-electron chi connectivity index (χ0n) is 17.9. The third-order valence-electron chi connectivity index (χ3n) is 5.59. The fourth-order valence-electron chi connectivity index (χ4n) is 3.90. The molecule has 0 amide bonds. The van der Waals surface area contributed by atoms with Crippen molar-refractivity contribution >= 4 is 23.3 Å². The molecule has 2 heterocycles. The molecule has 0 radical (unpaired) electrons. The van der Waals surface area contributed by atoms with Gasteiger partial charge in [-0.3, -0.25) is 4.98 Å². The lowest BCUT2D eigenvalue weighted by atomic mass is 9.95. The minimum Gasteiger partial charge on any atom is -0.488 e. The summed E-state index contributed by atoms with van der Waals surface area (Å²) < 4.78 is 5.98. The van der Waals surface area contributed by atoms with Crippen molar-refractivity contribution in [1.29, 1.82) is 5.26 Å². The quantitative estimate of drug-likeness (QED) is 0.390. The first-order chi connectivity index (χ1) is 16.1. The van der Waals surface area contributed by atoms with Crippen LogP contribution in [0.1, 0.15) is 36.8 Å². The van der Waals surface area contributed by atoms with Crippen molar-refractivity contribution in [1.82, 2.24) is 9.97 Å². The van der Waals surface area contributed by atoms with Gasteiger partial charge in [0, 0.05) is 23.7 Å². The fraction of sp³-hybridized carbons (Fsp3) is 0.280. The summed E-state index contributed by atoms with van der Waals surface area (Å²) in [4.78, 5) is 12.0. The molecule has 0 unspecified atom stereocenters. The van der Waals surface area contributed by atoms with Gasteiger partial charge < -0.3 is 15.6 Å². The number of aromatic nitrogens is 2. The summed E-state index contributed by atoms with van der Waals surface area (Å²) in [6.45, 7) is 7.62. The average Bonchev–Trinajstić information content (AvgIpc) is 2.85. The van der Waals surface area contributed by atoms with Crippen molar-refractivity contribution in [2.75, 3.05) is 5.73 Å². The molecule has 3 aromatic rings. The summed E-state index contributed by atoms with van der Waals surface area (Å²) in [7, 11) is 0. The van der Waals surface area contributed by atoms with Gasteiger partial charge in [0.2, 0.25) is 5.69 Å². The predicted molar refractivity (Wildman–Crippen MR) is 128 cm³/mol. The molecule has 0 saturated heterocycles. The Kier molecular flexibility index (Phi) is 7.09. The molecule has 4 rings (SSSR count). The maximum atomic E-state index is 10.2. The lowest BCUT2D eigenvalue weighted by Gasteiger charge is -2.28. The Bertz CT molecular complexity index is 1200. The van der Waals surface area contributed by atoms with Crippen LogP contribution in [0.25, 0.3) is 16.0 Å². The second-order valence-electron chi connectivity index (χ2n) is 7.81. The Morgan fingerprint density at radius 2 is 2.03 bits per heavy atom. The monoisotopic (exact) mass is 457 g/mol. The van der Waals surface area contributed by atoms with Gasteiger partial charge in [0.1, 0.15) is 28.8 Å². The number of hydrogen-bond donors (Lipinski definition) is 2. The van der Waals surface area contributed by atoms with Crippen LogP contribution < -0.4 is 10.5 Å². The van der Waals surface area contributed by atoms with Crippen molar-refractivity contribution in [3.63, 3.8) is 0 Å². The van der Waals surface area contributed by atoms with Gasteiger partial charge in [0.15, 0.2) is 0 Å². The number of rotatable bonds is 6. The van der Waals surface area contributed by atoms with Gasteiger partial charge in [-0.05, 0) is 48.6 Å². The van der Waals surface area contributed by atoms with Crippen molar-refractivity contribution in [3.05, 3.63) is 71.3 Å². The first-order valence-electron chi connectivity index (χ1n) is 10.7. The number of nitriles is 1. The Morgan fingerprint density at radius 3 is 2.70 bits per heavy atom. The van der Waals surface area contributed by atoms with E-state index < -0.39 is 6.10 Å². The smallest absolute Gasteiger partial charge is 0.236 e. The van der Waals surface area contributed by atoms with Gasteiger partial charge in [-0.1, -0.05) is 24.6 Å². The molecule has 8 heteroatoms. The molecule has 1 aromatic carbocycles. The molecular formula is C25H23N5O2S. The van der Waals surface area contributed by atoms with Crippen LogP contribution in [0.5, 0.6) is 5.75 Å². The van der Waals surface area contributed by atoms with Gasteiger partial charge in [0.25, 0.3) is 0 Å². The van der Waals surface area contributed by atoms with Crippen LogP contribution in [-0.2, 0) is 5.75 Å². The molecule has 1 aliphatic rings. The molecule has 2 aromatic heterocycles. The summed E-state index contributed by atoms with van der Waals surface area (Å²) in [6.07, 6.45) is 6.41. The number of hydrogen-bond acceptors (Lipinski definition) is 7. The minimum atomic E-state index is -0.461. The topological polar surface area (TPSA) is 109 Å². The highest BCUT2D eigenvalue weighted by Crippen LogP contribution is 2.42. The largest absolute Gasteiger partial charge is 0.488 e. The number of anilines is 1. The molecule has 1 aliphatic carbocycles. The van der Waals surface area contributed by atoms with Crippen molar-refractivity contribution in [2.45, 2.75) is 48.7 Å². The molecule has 0 spiro atoms. The number of nitrogens with two attached hydrogens (primary N) is 1. The van der Waals surface area contributed by atoms with E-state index >= 15 is 0 Å². The van der Waals surface area contributed by atoms with Crippen molar-refractivity contribution < 1.29 is 9.84 Å². The van der Waals surface area contributed by atoms with Crippen LogP contribution in [0.15, 0.2) is 53.8 Å². The molecular weight excluding hydrogens is 434 g/mol. The third-order valence-corrected chi connectivity index (χ3v) is 6.63. The first-order valence-corrected chi connectivity index (χ1v) is 11.7. The molecule has 0 bridgehead atoms. The van der Waals surface area contributed by atoms with Gasteiger partial charge in [-0.2, -0.15) is 5.26 Å². The Morgan fingerprint density at radius 1 is 1.24 bits per heavy atom. The van der Waals surface area contributed by atoms with E-state index in [1.165, 1.54) is 11.8 Å². The predicted octanol–water partition coefficient (Wildman–Crippen LogP) is 5.12. The van der Waals surface area contributed by atoms with Crippen molar-refractivity contribution in [2.24, 2.45) is 0 Å². The molecule has 1 saturated carbocycles. The van der Waals surface area contributed by atoms with E-state index in [9.17, 15) is 10.4 Å². The number of nitrogens with zero attached hydrogens (tertiary/aromatic N) is 4. The van der Waals surface area contributed by atoms with E-state index in [2.05, 4.69) is 20.9 Å². The maximum Gasteiger partial charge on any atom is 0.236 e. The Labute approximate surface area is 197 Å². The minimum absolute atomic E-state index is 0.0957. The van der Waals surface area contributed by atoms with Crippen LogP contribution in [0.2, 0.25) is 0 Å². The molecule has 3 N–H and O–H groups in total. The van der Waals surface area contributed by atoms with Crippen LogP contribution in [0.3, 0.4) is 0 Å². The normalized spacial score (nSPS) is 17.7. The van der Waals surface area contributed by atoms with Crippen LogP contribution in [0, 0.1) is 17.9 Å². The SMILES string of the molecule is [C-]#[N+]c1c(N)nc(SCc2cccnc2)c(C#N)c1-c1ccc(O[C@H]2CCCC[C@@H]2O)cc1. The maximum absolute atomic E-state index is 10.2. The Balaban J connectivity index is 1.65. The van der Waals surface area contributed by atoms with Crippen LogP contribution >= 0.6 is 11.8 Å². The number of ether oxygens (including phenoxy) is 1. The highest BCUT2D eigenvalue weighted by Gasteiger charge is 2.25. The van der Waals surface area contributed by atoms with Gasteiger partial charge >= 0.3 is 0 Å². The molecule has 2 atom stereocenters. The summed E-state index contributed by atoms with van der Waals surface area (Å²) in [5, 5.41) is 20.6. The highest BCUT2D eigenvalue weighted by atomic mass is 32.2. The number of aliphatic hydroxyl groups is 1. The highest BCUT2D eigenvalue weighted by molar-refractivity contribution is 7.98. The second-order valence-corrected chi connectivity index (χ2v) is 8.77. The van der Waals surface area contributed by atoms with E-state index in [0.717, 1.165) is 31.2 Å². The van der Waals surface area contributed by atoms with Crippen molar-refractivity contribution in [3.8, 4) is 22.9 Å².